The number of nitrogens with zero attached hydrogens (tertiary/aromatic N) is 1. The van der Waals surface area contributed by atoms with E-state index >= 15 is 0 Å². The molecule has 0 spiro atoms. The van der Waals surface area contributed by atoms with Crippen molar-refractivity contribution in [3.63, 3.8) is 0 Å². The van der Waals surface area contributed by atoms with Gasteiger partial charge in [0.25, 0.3) is 0 Å². The molecule has 0 atom stereocenters. The maximum atomic E-state index is 6.55. The minimum Gasteiger partial charge on any atom is -0.454 e. The number of hydrogen-bond acceptors (Lipinski definition) is 2. The van der Waals surface area contributed by atoms with Crippen molar-refractivity contribution in [3.8, 4) is 22.3 Å². The van der Waals surface area contributed by atoms with E-state index in [1.807, 2.05) is 6.07 Å². The second kappa shape index (κ2) is 8.42. The largest absolute Gasteiger partial charge is 0.454 e. The van der Waals surface area contributed by atoms with Gasteiger partial charge in [0.2, 0.25) is 0 Å². The summed E-state index contributed by atoms with van der Waals surface area (Å²) in [5.74, 6) is 0. The predicted molar refractivity (Wildman–Crippen MR) is 159 cm³/mol. The molecule has 2 heterocycles. The lowest BCUT2D eigenvalue weighted by Gasteiger charge is -2.34. The zero-order valence-corrected chi connectivity index (χ0v) is 21.7. The van der Waals surface area contributed by atoms with Crippen molar-refractivity contribution in [2.75, 3.05) is 0 Å². The highest BCUT2D eigenvalue weighted by Gasteiger charge is 2.46. The summed E-state index contributed by atoms with van der Waals surface area (Å²) in [6, 6.07) is 43.8. The highest BCUT2D eigenvalue weighted by atomic mass is 35.5. The number of halogens is 1. The van der Waals surface area contributed by atoms with Crippen molar-refractivity contribution in [2.24, 2.45) is 0 Å². The lowest BCUT2D eigenvalue weighted by atomic mass is 9.67. The molecule has 0 saturated heterocycles. The summed E-state index contributed by atoms with van der Waals surface area (Å²) in [5.41, 5.74) is 11.0. The van der Waals surface area contributed by atoms with E-state index in [-0.39, 0.29) is 0 Å². The summed E-state index contributed by atoms with van der Waals surface area (Å²) >= 11 is 6.55. The van der Waals surface area contributed by atoms with Crippen LogP contribution in [0.4, 0.5) is 0 Å². The minimum absolute atomic E-state index is 0.425. The van der Waals surface area contributed by atoms with Crippen LogP contribution in [0.2, 0.25) is 5.02 Å². The summed E-state index contributed by atoms with van der Waals surface area (Å²) in [5, 5.41) is 2.50. The molecule has 0 amide bonds. The molecular weight excluding hydrogens is 498 g/mol. The third-order valence-electron chi connectivity index (χ3n) is 8.13. The quantitative estimate of drug-likeness (QED) is 0.232. The fraction of sp³-hybridized carbons (Fsp3) is 0.0278. The topological polar surface area (TPSA) is 26.0 Å². The van der Waals surface area contributed by atoms with Gasteiger partial charge in [0.1, 0.15) is 5.58 Å². The first-order valence-corrected chi connectivity index (χ1v) is 13.4. The van der Waals surface area contributed by atoms with Crippen molar-refractivity contribution in [3.05, 3.63) is 161 Å². The molecule has 1 aliphatic carbocycles. The Kier molecular flexibility index (Phi) is 4.82. The van der Waals surface area contributed by atoms with Gasteiger partial charge in [-0.2, -0.15) is 0 Å². The van der Waals surface area contributed by atoms with Crippen LogP contribution in [0.5, 0.6) is 0 Å². The maximum Gasteiger partial charge on any atom is 0.155 e. The summed E-state index contributed by atoms with van der Waals surface area (Å²) in [4.78, 5) is 4.20. The van der Waals surface area contributed by atoms with Crippen LogP contribution in [-0.4, -0.2) is 4.98 Å². The number of rotatable bonds is 3. The number of hydrogen-bond donors (Lipinski definition) is 0. The average Bonchev–Trinajstić information content (AvgIpc) is 3.52. The van der Waals surface area contributed by atoms with Gasteiger partial charge in [0.15, 0.2) is 5.58 Å². The first-order valence-electron chi connectivity index (χ1n) is 13.1. The Labute approximate surface area is 231 Å². The van der Waals surface area contributed by atoms with Crippen molar-refractivity contribution in [1.82, 2.24) is 4.98 Å². The zero-order chi connectivity index (χ0) is 26.0. The third-order valence-corrected chi connectivity index (χ3v) is 8.41. The Balaban J connectivity index is 1.43. The first-order chi connectivity index (χ1) is 19.2. The van der Waals surface area contributed by atoms with Crippen LogP contribution >= 0.6 is 11.6 Å². The summed E-state index contributed by atoms with van der Waals surface area (Å²) in [6.07, 6.45) is 3.40. The van der Waals surface area contributed by atoms with E-state index in [2.05, 4.69) is 120 Å². The SMILES string of the molecule is Clc1cncc2oc3ccc(-c4ccc5c(c4)C(c4ccccc4)(c4ccccc4)c4ccccc4-5)cc3c12. The van der Waals surface area contributed by atoms with Gasteiger partial charge < -0.3 is 4.42 Å². The summed E-state index contributed by atoms with van der Waals surface area (Å²) in [6.45, 7) is 0. The molecule has 1 aliphatic rings. The third kappa shape index (κ3) is 3.13. The first kappa shape index (κ1) is 22.3. The smallest absolute Gasteiger partial charge is 0.155 e. The Morgan fingerprint density at radius 1 is 0.564 bits per heavy atom. The molecule has 0 bridgehead atoms. The van der Waals surface area contributed by atoms with Crippen LogP contribution < -0.4 is 0 Å². The Morgan fingerprint density at radius 2 is 1.21 bits per heavy atom. The molecule has 0 N–H and O–H groups in total. The molecule has 0 unspecified atom stereocenters. The Bertz CT molecular complexity index is 1990. The Morgan fingerprint density at radius 3 is 1.97 bits per heavy atom. The number of benzene rings is 5. The maximum absolute atomic E-state index is 6.55. The van der Waals surface area contributed by atoms with Crippen LogP contribution in [0.25, 0.3) is 44.2 Å². The molecule has 2 nitrogen and oxygen atoms in total. The molecule has 3 heteroatoms. The number of furan rings is 1. The molecule has 8 rings (SSSR count). The van der Waals surface area contributed by atoms with E-state index in [0.717, 1.165) is 27.5 Å². The van der Waals surface area contributed by atoms with Gasteiger partial charge in [-0.05, 0) is 62.7 Å². The van der Waals surface area contributed by atoms with E-state index in [1.165, 1.54) is 33.4 Å². The lowest BCUT2D eigenvalue weighted by Crippen LogP contribution is -2.28. The minimum atomic E-state index is -0.425. The highest BCUT2D eigenvalue weighted by molar-refractivity contribution is 6.37. The van der Waals surface area contributed by atoms with E-state index in [1.54, 1.807) is 12.4 Å². The summed E-state index contributed by atoms with van der Waals surface area (Å²) in [7, 11) is 0. The standard InChI is InChI=1S/C36H22ClNO/c37-32-21-38-22-34-35(32)29-19-23(16-18-33(29)39-34)24-15-17-28-27-13-7-8-14-30(27)36(31(28)20-24,25-9-3-1-4-10-25)26-11-5-2-6-12-26/h1-22H. The molecule has 2 aromatic heterocycles. The molecule has 184 valence electrons. The van der Waals surface area contributed by atoms with E-state index in [9.17, 15) is 0 Å². The van der Waals surface area contributed by atoms with Gasteiger partial charge in [-0.3, -0.25) is 4.98 Å². The van der Waals surface area contributed by atoms with Gasteiger partial charge in [-0.15, -0.1) is 0 Å². The van der Waals surface area contributed by atoms with Crippen LogP contribution in [0, 0.1) is 0 Å². The van der Waals surface area contributed by atoms with Gasteiger partial charge in [-0.25, -0.2) is 0 Å². The van der Waals surface area contributed by atoms with Gasteiger partial charge in [-0.1, -0.05) is 115 Å². The molecule has 39 heavy (non-hydrogen) atoms. The molecular formula is C36H22ClNO. The second-order valence-corrected chi connectivity index (χ2v) is 10.5. The van der Waals surface area contributed by atoms with Crippen LogP contribution in [-0.2, 0) is 5.41 Å². The van der Waals surface area contributed by atoms with Crippen molar-refractivity contribution >= 4 is 33.5 Å². The van der Waals surface area contributed by atoms with Crippen LogP contribution in [0.15, 0.2) is 138 Å². The second-order valence-electron chi connectivity index (χ2n) is 10.1. The van der Waals surface area contributed by atoms with E-state index < -0.39 is 5.41 Å². The van der Waals surface area contributed by atoms with Gasteiger partial charge in [0.05, 0.1) is 22.0 Å². The monoisotopic (exact) mass is 519 g/mol. The zero-order valence-electron chi connectivity index (χ0n) is 20.9. The molecule has 7 aromatic rings. The normalized spacial score (nSPS) is 13.5. The molecule has 0 fully saturated rings. The lowest BCUT2D eigenvalue weighted by molar-refractivity contribution is 0.667. The molecule has 0 aliphatic heterocycles. The highest BCUT2D eigenvalue weighted by Crippen LogP contribution is 2.56. The fourth-order valence-electron chi connectivity index (χ4n) is 6.49. The van der Waals surface area contributed by atoms with Gasteiger partial charge >= 0.3 is 0 Å². The molecule has 0 saturated carbocycles. The number of pyridine rings is 1. The van der Waals surface area contributed by atoms with Crippen molar-refractivity contribution < 1.29 is 4.42 Å². The summed E-state index contributed by atoms with van der Waals surface area (Å²) < 4.78 is 6.04. The predicted octanol–water partition coefficient (Wildman–Crippen LogP) is 9.66. The number of aromatic nitrogens is 1. The fourth-order valence-corrected chi connectivity index (χ4v) is 6.74. The van der Waals surface area contributed by atoms with Gasteiger partial charge in [0, 0.05) is 11.6 Å². The van der Waals surface area contributed by atoms with E-state index in [4.69, 9.17) is 16.0 Å². The van der Waals surface area contributed by atoms with Crippen molar-refractivity contribution in [1.29, 1.82) is 0 Å². The van der Waals surface area contributed by atoms with Crippen LogP contribution in [0.3, 0.4) is 0 Å². The molecule has 5 aromatic carbocycles. The van der Waals surface area contributed by atoms with E-state index in [0.29, 0.717) is 10.6 Å². The number of fused-ring (bicyclic) bond motifs is 6. The molecule has 0 radical (unpaired) electrons. The Hall–Kier alpha value is -4.66. The van der Waals surface area contributed by atoms with Crippen molar-refractivity contribution in [2.45, 2.75) is 5.41 Å². The van der Waals surface area contributed by atoms with Crippen LogP contribution in [0.1, 0.15) is 22.3 Å². The average molecular weight is 520 g/mol.